The van der Waals surface area contributed by atoms with E-state index in [4.69, 9.17) is 30.1 Å². The average molecular weight is 607 g/mol. The van der Waals surface area contributed by atoms with E-state index in [-0.39, 0.29) is 41.3 Å². The van der Waals surface area contributed by atoms with Crippen molar-refractivity contribution in [3.8, 4) is 5.88 Å². The predicted molar refractivity (Wildman–Crippen MR) is 166 cm³/mol. The highest BCUT2D eigenvalue weighted by Gasteiger charge is 2.61. The molecule has 3 atom stereocenters. The van der Waals surface area contributed by atoms with Gasteiger partial charge in [-0.1, -0.05) is 45.4 Å². The van der Waals surface area contributed by atoms with Gasteiger partial charge in [-0.05, 0) is 64.9 Å². The SMILES string of the molecule is C=CCC1=C(C)C(OC(=O)C2C(C=C(C)C)C2(C)C)CC1=O.CCOP(=S)(OCC)Oc1cc(C)nc(C(C)C)n1. The van der Waals surface area contributed by atoms with Crippen LogP contribution in [0.15, 0.2) is 41.5 Å². The molecule has 10 heteroatoms. The van der Waals surface area contributed by atoms with Crippen LogP contribution in [0.4, 0.5) is 0 Å². The maximum atomic E-state index is 12.5. The molecule has 1 saturated carbocycles. The smallest absolute Gasteiger partial charge is 0.381 e. The number of aryl methyl sites for hydroxylation is 1. The number of ketones is 1. The van der Waals surface area contributed by atoms with Crippen molar-refractivity contribution in [1.82, 2.24) is 9.97 Å². The minimum absolute atomic E-state index is 0.0570. The molecule has 8 nitrogen and oxygen atoms in total. The molecule has 0 spiro atoms. The molecule has 3 unspecified atom stereocenters. The van der Waals surface area contributed by atoms with Gasteiger partial charge in [0.05, 0.1) is 25.6 Å². The predicted octanol–water partition coefficient (Wildman–Crippen LogP) is 7.59. The molecule has 2 aliphatic rings. The largest absolute Gasteiger partial charge is 0.457 e. The van der Waals surface area contributed by atoms with Crippen LogP contribution in [0.3, 0.4) is 0 Å². The lowest BCUT2D eigenvalue weighted by atomic mass is 10.1. The van der Waals surface area contributed by atoms with E-state index < -0.39 is 12.8 Å². The summed E-state index contributed by atoms with van der Waals surface area (Å²) in [6, 6.07) is 1.74. The van der Waals surface area contributed by atoms with Gasteiger partial charge in [0.25, 0.3) is 0 Å². The molecule has 0 saturated heterocycles. The standard InChI is InChI=1S/C19H26O3.C12H21N2O3PS/c1-7-8-13-12(4)16(10-15(13)20)22-18(21)17-14(9-11(2)3)19(17,5)6;1-6-15-18(19,16-7-2)17-11-8-10(5)13-12(14-11)9(3)4/h7,9,14,16-17H,1,8,10H2,2-6H3;8-9H,6-7H2,1-5H3. The van der Waals surface area contributed by atoms with Crippen molar-refractivity contribution in [1.29, 1.82) is 0 Å². The lowest BCUT2D eigenvalue weighted by molar-refractivity contribution is -0.150. The van der Waals surface area contributed by atoms with Crippen molar-refractivity contribution in [3.63, 3.8) is 0 Å². The molecule has 1 fully saturated rings. The molecule has 0 N–H and O–H groups in total. The average Bonchev–Trinajstić information content (AvgIpc) is 3.28. The summed E-state index contributed by atoms with van der Waals surface area (Å²) in [4.78, 5) is 33.2. The van der Waals surface area contributed by atoms with E-state index in [1.54, 1.807) is 12.1 Å². The number of hydrogen-bond donors (Lipinski definition) is 0. The molecule has 1 heterocycles. The zero-order valence-corrected chi connectivity index (χ0v) is 28.0. The van der Waals surface area contributed by atoms with E-state index in [0.717, 1.165) is 22.7 Å². The Kier molecular flexibility index (Phi) is 12.6. The fourth-order valence-corrected chi connectivity index (χ4v) is 6.80. The highest BCUT2D eigenvalue weighted by Crippen LogP contribution is 2.60. The zero-order valence-electron chi connectivity index (χ0n) is 26.3. The molecule has 41 heavy (non-hydrogen) atoms. The van der Waals surface area contributed by atoms with E-state index in [0.29, 0.717) is 25.5 Å². The van der Waals surface area contributed by atoms with Crippen molar-refractivity contribution < 1.29 is 27.9 Å². The van der Waals surface area contributed by atoms with Gasteiger partial charge in [0.1, 0.15) is 11.9 Å². The molecular formula is C31H47N2O6PS. The molecular weight excluding hydrogens is 559 g/mol. The van der Waals surface area contributed by atoms with Crippen molar-refractivity contribution in [3.05, 3.63) is 53.0 Å². The molecule has 0 aliphatic heterocycles. The fraction of sp³-hybridized carbons (Fsp3) is 0.613. The second-order valence-electron chi connectivity index (χ2n) is 11.5. The Balaban J connectivity index is 0.000000290. The van der Waals surface area contributed by atoms with Gasteiger partial charge in [-0.3, -0.25) is 18.6 Å². The molecule has 0 radical (unpaired) electrons. The number of ether oxygens (including phenoxy) is 1. The quantitative estimate of drug-likeness (QED) is 0.135. The number of carbonyl (C=O) groups excluding carboxylic acids is 2. The van der Waals surface area contributed by atoms with Crippen LogP contribution >= 0.6 is 6.72 Å². The van der Waals surface area contributed by atoms with Gasteiger partial charge in [-0.15, -0.1) is 6.58 Å². The number of aromatic nitrogens is 2. The number of allylic oxidation sites excluding steroid dienone is 4. The lowest BCUT2D eigenvalue weighted by Gasteiger charge is -2.20. The van der Waals surface area contributed by atoms with Crippen molar-refractivity contribution in [2.24, 2.45) is 17.3 Å². The normalized spacial score (nSPS) is 21.2. The summed E-state index contributed by atoms with van der Waals surface area (Å²) in [7, 11) is 0. The second kappa shape index (κ2) is 14.8. The third-order valence-corrected chi connectivity index (χ3v) is 9.51. The molecule has 0 amide bonds. The van der Waals surface area contributed by atoms with Crippen LogP contribution < -0.4 is 4.52 Å². The minimum atomic E-state index is -2.77. The molecule has 0 bridgehead atoms. The summed E-state index contributed by atoms with van der Waals surface area (Å²) in [6.45, 7) is 21.6. The maximum absolute atomic E-state index is 12.5. The molecule has 3 rings (SSSR count). The Bertz CT molecular complexity index is 1220. The highest BCUT2D eigenvalue weighted by atomic mass is 32.5. The van der Waals surface area contributed by atoms with Crippen molar-refractivity contribution in [2.45, 2.75) is 94.1 Å². The lowest BCUT2D eigenvalue weighted by Crippen LogP contribution is -2.20. The van der Waals surface area contributed by atoms with Crippen molar-refractivity contribution in [2.75, 3.05) is 13.2 Å². The first-order valence-corrected chi connectivity index (χ1v) is 16.8. The number of Topliss-reactive ketones (excluding diaryl/α,β-unsaturated/α-hetero) is 1. The van der Waals surface area contributed by atoms with Crippen LogP contribution in [0.5, 0.6) is 5.88 Å². The van der Waals surface area contributed by atoms with E-state index >= 15 is 0 Å². The highest BCUT2D eigenvalue weighted by molar-refractivity contribution is 8.07. The fourth-order valence-electron chi connectivity index (χ4n) is 4.81. The van der Waals surface area contributed by atoms with Crippen LogP contribution in [-0.4, -0.2) is 41.0 Å². The first-order chi connectivity index (χ1) is 19.1. The number of carbonyl (C=O) groups is 2. The molecule has 0 aromatic carbocycles. The number of hydrogen-bond acceptors (Lipinski definition) is 9. The van der Waals surface area contributed by atoms with Gasteiger partial charge in [-0.2, -0.15) is 4.98 Å². The minimum Gasteiger partial charge on any atom is -0.457 e. The molecule has 228 valence electrons. The number of esters is 1. The van der Waals surface area contributed by atoms with Crippen LogP contribution in [0.1, 0.15) is 92.6 Å². The Hall–Kier alpha value is -2.19. The summed E-state index contributed by atoms with van der Waals surface area (Å²) >= 11 is 5.32. The zero-order chi connectivity index (χ0) is 31.1. The Morgan fingerprint density at radius 2 is 1.80 bits per heavy atom. The number of rotatable bonds is 12. The second-order valence-corrected chi connectivity index (χ2v) is 14.4. The maximum Gasteiger partial charge on any atom is 0.381 e. The van der Waals surface area contributed by atoms with Crippen LogP contribution in [-0.2, 0) is 35.2 Å². The van der Waals surface area contributed by atoms with Gasteiger partial charge in [0, 0.05) is 35.1 Å². The van der Waals surface area contributed by atoms with Crippen LogP contribution in [0, 0.1) is 24.2 Å². The van der Waals surface area contributed by atoms with E-state index in [1.807, 2.05) is 55.4 Å². The summed E-state index contributed by atoms with van der Waals surface area (Å²) in [5.41, 5.74) is 3.63. The van der Waals surface area contributed by atoms with Gasteiger partial charge >= 0.3 is 12.7 Å². The Morgan fingerprint density at radius 3 is 2.32 bits per heavy atom. The Morgan fingerprint density at radius 1 is 1.20 bits per heavy atom. The third-order valence-electron chi connectivity index (χ3n) is 7.09. The van der Waals surface area contributed by atoms with Crippen molar-refractivity contribution >= 4 is 30.3 Å². The Labute approximate surface area is 251 Å². The van der Waals surface area contributed by atoms with Gasteiger partial charge in [-0.25, -0.2) is 4.98 Å². The van der Waals surface area contributed by atoms with Gasteiger partial charge < -0.3 is 9.26 Å². The third kappa shape index (κ3) is 9.40. The van der Waals surface area contributed by atoms with Gasteiger partial charge in [0.2, 0.25) is 5.88 Å². The molecule has 1 aromatic rings. The van der Waals surface area contributed by atoms with E-state index in [1.165, 1.54) is 5.57 Å². The van der Waals surface area contributed by atoms with Gasteiger partial charge in [0.15, 0.2) is 5.78 Å². The van der Waals surface area contributed by atoms with E-state index in [9.17, 15) is 9.59 Å². The molecule has 2 aliphatic carbocycles. The topological polar surface area (TPSA) is 96.8 Å². The van der Waals surface area contributed by atoms with Crippen LogP contribution in [0.2, 0.25) is 0 Å². The summed E-state index contributed by atoms with van der Waals surface area (Å²) in [6.07, 6.45) is 4.31. The van der Waals surface area contributed by atoms with Crippen LogP contribution in [0.25, 0.3) is 0 Å². The van der Waals surface area contributed by atoms with E-state index in [2.05, 4.69) is 36.5 Å². The number of nitrogens with zero attached hydrogens (tertiary/aromatic N) is 2. The molecule has 1 aromatic heterocycles. The first-order valence-electron chi connectivity index (χ1n) is 14.2. The monoisotopic (exact) mass is 606 g/mol. The summed E-state index contributed by atoms with van der Waals surface area (Å²) in [5.74, 6) is 1.40. The first kappa shape index (κ1) is 35.0. The summed E-state index contributed by atoms with van der Waals surface area (Å²) in [5, 5.41) is 0. The summed E-state index contributed by atoms with van der Waals surface area (Å²) < 4.78 is 22.2.